The molecule has 2 saturated heterocycles. The zero-order chi connectivity index (χ0) is 10.3. The van der Waals surface area contributed by atoms with Crippen LogP contribution in [0.15, 0.2) is 0 Å². The smallest absolute Gasteiger partial charge is 0.236 e. The van der Waals surface area contributed by atoms with E-state index in [-0.39, 0.29) is 24.4 Å². The van der Waals surface area contributed by atoms with Gasteiger partial charge in [-0.15, -0.1) is 0 Å². The van der Waals surface area contributed by atoms with Crippen LogP contribution in [0.2, 0.25) is 0 Å². The topological polar surface area (TPSA) is 44.8 Å². The normalized spacial score (nSPS) is 45.7. The summed E-state index contributed by atoms with van der Waals surface area (Å²) in [5.41, 5.74) is 0. The average Bonchev–Trinajstić information content (AvgIpc) is 2.60. The summed E-state index contributed by atoms with van der Waals surface area (Å²) >= 11 is 0. The molecule has 2 heterocycles. The molecule has 0 amide bonds. The Morgan fingerprint density at radius 3 is 2.93 bits per heavy atom. The first-order valence-corrected chi connectivity index (χ1v) is 5.73. The van der Waals surface area contributed by atoms with E-state index in [2.05, 4.69) is 0 Å². The van der Waals surface area contributed by atoms with Crippen LogP contribution < -0.4 is 0 Å². The van der Waals surface area contributed by atoms with E-state index < -0.39 is 5.79 Å². The fourth-order valence-electron chi connectivity index (χ4n) is 2.90. The van der Waals surface area contributed by atoms with E-state index >= 15 is 0 Å². The largest absolute Gasteiger partial charge is 0.355 e. The van der Waals surface area contributed by atoms with Gasteiger partial charge in [-0.2, -0.15) is 0 Å². The Kier molecular flexibility index (Phi) is 2.30. The molecule has 0 radical (unpaired) electrons. The van der Waals surface area contributed by atoms with Gasteiger partial charge in [-0.05, 0) is 12.8 Å². The summed E-state index contributed by atoms with van der Waals surface area (Å²) < 4.78 is 16.5. The van der Waals surface area contributed by atoms with Gasteiger partial charge < -0.3 is 14.2 Å². The van der Waals surface area contributed by atoms with Crippen molar-refractivity contribution in [1.82, 2.24) is 0 Å². The van der Waals surface area contributed by atoms with E-state index in [4.69, 9.17) is 14.2 Å². The van der Waals surface area contributed by atoms with E-state index in [9.17, 15) is 4.79 Å². The number of hydrogen-bond donors (Lipinski definition) is 0. The van der Waals surface area contributed by atoms with Crippen LogP contribution in [0.25, 0.3) is 0 Å². The number of carbonyl (C=O) groups is 1. The molecular formula is C11H16O4. The van der Waals surface area contributed by atoms with Gasteiger partial charge in [0.05, 0.1) is 13.2 Å². The number of hydrogen-bond acceptors (Lipinski definition) is 4. The third kappa shape index (κ3) is 1.35. The standard InChI is InChI=1S/C11H16O4/c12-10-8-3-1-2-4-9-6-13-7-15-11(9,10)14-5-8/h8-9H,1-7H2/t8-,9+,11+/m0/s1. The van der Waals surface area contributed by atoms with Crippen molar-refractivity contribution < 1.29 is 19.0 Å². The molecule has 0 aromatic rings. The molecule has 0 aromatic carbocycles. The highest BCUT2D eigenvalue weighted by Crippen LogP contribution is 2.42. The van der Waals surface area contributed by atoms with Crippen molar-refractivity contribution in [3.05, 3.63) is 0 Å². The van der Waals surface area contributed by atoms with Crippen LogP contribution in [0.3, 0.4) is 0 Å². The van der Waals surface area contributed by atoms with Crippen molar-refractivity contribution in [3.63, 3.8) is 0 Å². The maximum absolute atomic E-state index is 12.2. The van der Waals surface area contributed by atoms with E-state index in [1.165, 1.54) is 0 Å². The van der Waals surface area contributed by atoms with Crippen molar-refractivity contribution in [3.8, 4) is 0 Å². The second kappa shape index (κ2) is 3.54. The van der Waals surface area contributed by atoms with E-state index in [1.54, 1.807) is 0 Å². The van der Waals surface area contributed by atoms with Crippen LogP contribution in [0.4, 0.5) is 0 Å². The summed E-state index contributed by atoms with van der Waals surface area (Å²) in [6.45, 7) is 1.32. The second-order valence-electron chi connectivity index (χ2n) is 4.65. The number of ketones is 1. The molecule has 1 spiro atoms. The van der Waals surface area contributed by atoms with Crippen molar-refractivity contribution in [2.75, 3.05) is 20.0 Å². The van der Waals surface area contributed by atoms with Crippen LogP contribution >= 0.6 is 0 Å². The van der Waals surface area contributed by atoms with Gasteiger partial charge in [0.1, 0.15) is 0 Å². The Hall–Kier alpha value is -0.450. The number of Topliss-reactive ketones (excluding diaryl/α,β-unsaturated/α-hetero) is 1. The van der Waals surface area contributed by atoms with Gasteiger partial charge in [-0.25, -0.2) is 0 Å². The van der Waals surface area contributed by atoms with Crippen LogP contribution in [-0.2, 0) is 19.0 Å². The van der Waals surface area contributed by atoms with Gasteiger partial charge in [0, 0.05) is 11.8 Å². The predicted molar refractivity (Wildman–Crippen MR) is 51.0 cm³/mol. The first kappa shape index (κ1) is 9.75. The molecule has 0 N–H and O–H groups in total. The highest BCUT2D eigenvalue weighted by molar-refractivity contribution is 5.90. The SMILES string of the molecule is O=C1[C@H]2CCCC[C@@H]3COCO[C@@]13OC2. The summed E-state index contributed by atoms with van der Waals surface area (Å²) in [5, 5.41) is 0. The second-order valence-corrected chi connectivity index (χ2v) is 4.65. The fourth-order valence-corrected chi connectivity index (χ4v) is 2.90. The summed E-state index contributed by atoms with van der Waals surface area (Å²) in [6.07, 6.45) is 4.19. The molecule has 3 fully saturated rings. The minimum atomic E-state index is -0.941. The monoisotopic (exact) mass is 212 g/mol. The summed E-state index contributed by atoms with van der Waals surface area (Å²) in [5.74, 6) is -0.617. The lowest BCUT2D eigenvalue weighted by molar-refractivity contribution is -0.304. The zero-order valence-corrected chi connectivity index (χ0v) is 8.74. The van der Waals surface area contributed by atoms with Crippen molar-refractivity contribution >= 4 is 5.78 Å². The molecule has 2 aliphatic heterocycles. The lowest BCUT2D eigenvalue weighted by Crippen LogP contribution is -2.53. The van der Waals surface area contributed by atoms with Gasteiger partial charge in [-0.1, -0.05) is 12.8 Å². The zero-order valence-electron chi connectivity index (χ0n) is 8.74. The molecule has 0 unspecified atom stereocenters. The molecule has 84 valence electrons. The minimum absolute atomic E-state index is 0.0610. The Bertz CT molecular complexity index is 278. The lowest BCUT2D eigenvalue weighted by atomic mass is 9.82. The number of ether oxygens (including phenoxy) is 3. The molecule has 3 rings (SSSR count). The van der Waals surface area contributed by atoms with Gasteiger partial charge in [-0.3, -0.25) is 4.79 Å². The molecule has 3 aliphatic rings. The van der Waals surface area contributed by atoms with E-state index in [0.29, 0.717) is 13.2 Å². The summed E-state index contributed by atoms with van der Waals surface area (Å²) in [6, 6.07) is 0. The van der Waals surface area contributed by atoms with Crippen LogP contribution in [0.5, 0.6) is 0 Å². The average molecular weight is 212 g/mol. The summed E-state index contributed by atoms with van der Waals surface area (Å²) in [7, 11) is 0. The van der Waals surface area contributed by atoms with Gasteiger partial charge in [0.2, 0.25) is 5.79 Å². The minimum Gasteiger partial charge on any atom is -0.355 e. The number of carbonyl (C=O) groups excluding carboxylic acids is 1. The molecule has 0 aromatic heterocycles. The van der Waals surface area contributed by atoms with Crippen molar-refractivity contribution in [2.24, 2.45) is 11.8 Å². The molecule has 1 saturated carbocycles. The quantitative estimate of drug-likeness (QED) is 0.603. The number of rotatable bonds is 0. The third-order valence-corrected chi connectivity index (χ3v) is 3.78. The predicted octanol–water partition coefficient (Wildman–Crippen LogP) is 1.09. The third-order valence-electron chi connectivity index (χ3n) is 3.78. The molecule has 4 nitrogen and oxygen atoms in total. The maximum atomic E-state index is 12.2. The molecule has 4 heteroatoms. The van der Waals surface area contributed by atoms with Crippen LogP contribution in [0.1, 0.15) is 25.7 Å². The van der Waals surface area contributed by atoms with E-state index in [1.807, 2.05) is 0 Å². The number of fused-ring (bicyclic) bond motifs is 1. The van der Waals surface area contributed by atoms with Crippen LogP contribution in [-0.4, -0.2) is 31.6 Å². The van der Waals surface area contributed by atoms with Gasteiger partial charge in [0.15, 0.2) is 12.6 Å². The Balaban J connectivity index is 1.93. The van der Waals surface area contributed by atoms with Crippen LogP contribution in [0, 0.1) is 11.8 Å². The molecule has 2 bridgehead atoms. The highest BCUT2D eigenvalue weighted by Gasteiger charge is 2.57. The molecule has 1 aliphatic carbocycles. The van der Waals surface area contributed by atoms with E-state index in [0.717, 1.165) is 25.7 Å². The maximum Gasteiger partial charge on any atom is 0.236 e. The van der Waals surface area contributed by atoms with Gasteiger partial charge in [0.25, 0.3) is 0 Å². The first-order valence-electron chi connectivity index (χ1n) is 5.73. The molecular weight excluding hydrogens is 196 g/mol. The Morgan fingerprint density at radius 1 is 1.13 bits per heavy atom. The van der Waals surface area contributed by atoms with Gasteiger partial charge >= 0.3 is 0 Å². The van der Waals surface area contributed by atoms with Crippen molar-refractivity contribution in [2.45, 2.75) is 31.5 Å². The fraction of sp³-hybridized carbons (Fsp3) is 0.909. The Labute approximate surface area is 88.9 Å². The Morgan fingerprint density at radius 2 is 2.00 bits per heavy atom. The molecule has 15 heavy (non-hydrogen) atoms. The van der Waals surface area contributed by atoms with Crippen molar-refractivity contribution in [1.29, 1.82) is 0 Å². The summed E-state index contributed by atoms with van der Waals surface area (Å²) in [4.78, 5) is 12.2. The lowest BCUT2D eigenvalue weighted by Gasteiger charge is -2.39. The molecule has 3 atom stereocenters. The first-order chi connectivity index (χ1) is 7.33. The highest BCUT2D eigenvalue weighted by atomic mass is 16.8.